The third kappa shape index (κ3) is 3.28. The smallest absolute Gasteiger partial charge is 0.233 e. The predicted molar refractivity (Wildman–Crippen MR) is 118 cm³/mol. The molecule has 0 unspecified atom stereocenters. The van der Waals surface area contributed by atoms with Crippen LogP contribution in [0.4, 0.5) is 0 Å². The van der Waals surface area contributed by atoms with Gasteiger partial charge in [-0.1, -0.05) is 69.3 Å². The van der Waals surface area contributed by atoms with E-state index in [2.05, 4.69) is 101 Å². The van der Waals surface area contributed by atoms with E-state index >= 15 is 0 Å². The van der Waals surface area contributed by atoms with Gasteiger partial charge in [-0.2, -0.15) is 0 Å². The Morgan fingerprint density at radius 1 is 0.821 bits per heavy atom. The van der Waals surface area contributed by atoms with Gasteiger partial charge in [0.25, 0.3) is 0 Å². The molecule has 0 aliphatic heterocycles. The number of fused-ring (bicyclic) bond motifs is 3. The third-order valence-corrected chi connectivity index (χ3v) is 5.47. The van der Waals surface area contributed by atoms with Crippen molar-refractivity contribution in [3.63, 3.8) is 0 Å². The first-order valence-corrected chi connectivity index (χ1v) is 10.0. The van der Waals surface area contributed by atoms with Gasteiger partial charge in [0, 0.05) is 12.0 Å². The number of aromatic nitrogens is 2. The summed E-state index contributed by atoms with van der Waals surface area (Å²) in [6.45, 7) is 11.2. The standard InChI is InChI=1S/C26H29N2/c1-17-11-13-21-20-10-8-7-9-19(20)12-14-22(21)24(17)25-27-23(15-26(3,4)5)18(2)16-28(25)6/h7-14,16H,15H2,1-6H3/q+1. The summed E-state index contributed by atoms with van der Waals surface area (Å²) in [4.78, 5) is 5.18. The van der Waals surface area contributed by atoms with Gasteiger partial charge in [0.15, 0.2) is 5.69 Å². The minimum atomic E-state index is 0.207. The van der Waals surface area contributed by atoms with Gasteiger partial charge in [-0.05, 0) is 51.4 Å². The van der Waals surface area contributed by atoms with E-state index in [4.69, 9.17) is 4.98 Å². The lowest BCUT2D eigenvalue weighted by atomic mass is 9.89. The quantitative estimate of drug-likeness (QED) is 0.309. The molecule has 0 spiro atoms. The molecule has 0 fully saturated rings. The highest BCUT2D eigenvalue weighted by Crippen LogP contribution is 2.34. The van der Waals surface area contributed by atoms with Crippen LogP contribution in [0, 0.1) is 19.3 Å². The number of aryl methyl sites for hydroxylation is 3. The van der Waals surface area contributed by atoms with E-state index in [0.717, 1.165) is 12.2 Å². The van der Waals surface area contributed by atoms with Crippen molar-refractivity contribution >= 4 is 21.5 Å². The van der Waals surface area contributed by atoms with Crippen molar-refractivity contribution in [2.45, 2.75) is 41.0 Å². The Bertz CT molecular complexity index is 1200. The summed E-state index contributed by atoms with van der Waals surface area (Å²) in [5.74, 6) is 1.04. The van der Waals surface area contributed by atoms with E-state index in [1.165, 1.54) is 43.9 Å². The molecule has 2 heteroatoms. The van der Waals surface area contributed by atoms with Crippen LogP contribution < -0.4 is 4.57 Å². The first-order valence-electron chi connectivity index (χ1n) is 10.0. The maximum atomic E-state index is 5.18. The van der Waals surface area contributed by atoms with Crippen LogP contribution in [0.3, 0.4) is 0 Å². The molecule has 0 aliphatic carbocycles. The molecule has 0 N–H and O–H groups in total. The summed E-state index contributed by atoms with van der Waals surface area (Å²) in [7, 11) is 2.11. The van der Waals surface area contributed by atoms with Gasteiger partial charge < -0.3 is 0 Å². The Kier molecular flexibility index (Phi) is 4.45. The van der Waals surface area contributed by atoms with Gasteiger partial charge >= 0.3 is 5.82 Å². The van der Waals surface area contributed by atoms with Gasteiger partial charge in [-0.15, -0.1) is 0 Å². The SMILES string of the molecule is Cc1c[n+](C)c(-c2c(C)ccc3c2ccc2ccccc23)nc1CC(C)(C)C. The largest absolute Gasteiger partial charge is 0.331 e. The van der Waals surface area contributed by atoms with Crippen LogP contribution in [0.25, 0.3) is 32.9 Å². The molecule has 3 aromatic carbocycles. The van der Waals surface area contributed by atoms with Crippen LogP contribution in [-0.2, 0) is 13.5 Å². The summed E-state index contributed by atoms with van der Waals surface area (Å²) in [5, 5.41) is 5.14. The Balaban J connectivity index is 2.02. The third-order valence-electron chi connectivity index (χ3n) is 5.47. The van der Waals surface area contributed by atoms with Crippen LogP contribution in [0.2, 0.25) is 0 Å². The summed E-state index contributed by atoms with van der Waals surface area (Å²) >= 11 is 0. The topological polar surface area (TPSA) is 16.8 Å². The average molecular weight is 370 g/mol. The van der Waals surface area contributed by atoms with Crippen molar-refractivity contribution in [2.24, 2.45) is 12.5 Å². The van der Waals surface area contributed by atoms with Crippen molar-refractivity contribution < 1.29 is 4.57 Å². The number of hydrogen-bond acceptors (Lipinski definition) is 1. The van der Waals surface area contributed by atoms with E-state index in [0.29, 0.717) is 0 Å². The van der Waals surface area contributed by atoms with Gasteiger partial charge in [0.2, 0.25) is 0 Å². The van der Waals surface area contributed by atoms with E-state index in [9.17, 15) is 0 Å². The minimum absolute atomic E-state index is 0.207. The van der Waals surface area contributed by atoms with Gasteiger partial charge in [-0.25, -0.2) is 4.57 Å². The normalized spacial score (nSPS) is 12.1. The zero-order valence-corrected chi connectivity index (χ0v) is 17.8. The second-order valence-electron chi connectivity index (χ2n) is 9.18. The molecule has 28 heavy (non-hydrogen) atoms. The van der Waals surface area contributed by atoms with Crippen molar-refractivity contribution in [1.82, 2.24) is 4.98 Å². The number of rotatable bonds is 2. The molecular formula is C26H29N2+. The molecule has 2 nitrogen and oxygen atoms in total. The van der Waals surface area contributed by atoms with Crippen LogP contribution >= 0.6 is 0 Å². The van der Waals surface area contributed by atoms with E-state index < -0.39 is 0 Å². The monoisotopic (exact) mass is 369 g/mol. The Labute approximate surface area is 167 Å². The van der Waals surface area contributed by atoms with Crippen molar-refractivity contribution in [1.29, 1.82) is 0 Å². The highest BCUT2D eigenvalue weighted by Gasteiger charge is 2.25. The second-order valence-corrected chi connectivity index (χ2v) is 9.18. The van der Waals surface area contributed by atoms with Crippen LogP contribution in [0.15, 0.2) is 54.7 Å². The highest BCUT2D eigenvalue weighted by atomic mass is 15.0. The first kappa shape index (κ1) is 18.6. The molecular weight excluding hydrogens is 340 g/mol. The second kappa shape index (κ2) is 6.70. The lowest BCUT2D eigenvalue weighted by Crippen LogP contribution is -2.34. The molecule has 1 aromatic heterocycles. The minimum Gasteiger partial charge on any atom is -0.233 e. The van der Waals surface area contributed by atoms with Gasteiger partial charge in [0.1, 0.15) is 0 Å². The molecule has 0 atom stereocenters. The fourth-order valence-corrected chi connectivity index (χ4v) is 4.13. The summed E-state index contributed by atoms with van der Waals surface area (Å²) < 4.78 is 2.18. The van der Waals surface area contributed by atoms with Crippen molar-refractivity contribution in [3.05, 3.63) is 71.5 Å². The first-order chi connectivity index (χ1) is 13.2. The molecule has 142 valence electrons. The molecule has 4 aromatic rings. The molecule has 0 saturated carbocycles. The van der Waals surface area contributed by atoms with Gasteiger partial charge in [0.05, 0.1) is 18.8 Å². The van der Waals surface area contributed by atoms with Gasteiger partial charge in [-0.3, -0.25) is 0 Å². The van der Waals surface area contributed by atoms with Crippen LogP contribution in [-0.4, -0.2) is 4.98 Å². The lowest BCUT2D eigenvalue weighted by Gasteiger charge is -2.17. The summed E-state index contributed by atoms with van der Waals surface area (Å²) in [6.07, 6.45) is 3.20. The Morgan fingerprint density at radius 2 is 1.54 bits per heavy atom. The highest BCUT2D eigenvalue weighted by molar-refractivity contribution is 6.11. The molecule has 0 amide bonds. The van der Waals surface area contributed by atoms with Crippen LogP contribution in [0.1, 0.15) is 37.6 Å². The number of nitrogens with zero attached hydrogens (tertiary/aromatic N) is 2. The maximum absolute atomic E-state index is 5.18. The van der Waals surface area contributed by atoms with Crippen LogP contribution in [0.5, 0.6) is 0 Å². The summed E-state index contributed by atoms with van der Waals surface area (Å²) in [5.41, 5.74) is 5.15. The molecule has 4 rings (SSSR count). The maximum Gasteiger partial charge on any atom is 0.331 e. The van der Waals surface area contributed by atoms with E-state index in [1.807, 2.05) is 0 Å². The van der Waals surface area contributed by atoms with Crippen molar-refractivity contribution in [2.75, 3.05) is 0 Å². The molecule has 0 bridgehead atoms. The fourth-order valence-electron chi connectivity index (χ4n) is 4.13. The lowest BCUT2D eigenvalue weighted by molar-refractivity contribution is -0.663. The molecule has 0 aliphatic rings. The fraction of sp³-hybridized carbons (Fsp3) is 0.308. The van der Waals surface area contributed by atoms with Crippen molar-refractivity contribution in [3.8, 4) is 11.4 Å². The Hall–Kier alpha value is -2.74. The van der Waals surface area contributed by atoms with E-state index in [1.54, 1.807) is 0 Å². The molecule has 0 saturated heterocycles. The van der Waals surface area contributed by atoms with E-state index in [-0.39, 0.29) is 5.41 Å². The zero-order chi connectivity index (χ0) is 20.1. The molecule has 0 radical (unpaired) electrons. The molecule has 1 heterocycles. The zero-order valence-electron chi connectivity index (χ0n) is 17.8. The number of benzene rings is 3. The predicted octanol–water partition coefficient (Wildman–Crippen LogP) is 6.08. The Morgan fingerprint density at radius 3 is 2.29 bits per heavy atom. The summed E-state index contributed by atoms with van der Waals surface area (Å²) in [6, 6.07) is 17.6. The number of hydrogen-bond donors (Lipinski definition) is 0. The average Bonchev–Trinajstić information content (AvgIpc) is 2.63.